The van der Waals surface area contributed by atoms with E-state index in [-0.39, 0.29) is 112 Å². The van der Waals surface area contributed by atoms with Crippen LogP contribution in [-0.4, -0.2) is 94.3 Å². The third kappa shape index (κ3) is 6.23. The summed E-state index contributed by atoms with van der Waals surface area (Å²) in [7, 11) is 0. The molecule has 58 heavy (non-hydrogen) atoms. The number of hydrogen-bond donors (Lipinski definition) is 1. The van der Waals surface area contributed by atoms with Crippen LogP contribution in [0, 0.1) is 23.0 Å². The van der Waals surface area contributed by atoms with Gasteiger partial charge in [0.25, 0.3) is 6.10 Å². The Labute approximate surface area is 328 Å². The Balaban J connectivity index is 1.23. The van der Waals surface area contributed by atoms with E-state index in [2.05, 4.69) is 21.3 Å². The van der Waals surface area contributed by atoms with E-state index in [4.69, 9.17) is 10.5 Å². The van der Waals surface area contributed by atoms with Crippen LogP contribution in [0.15, 0.2) is 30.5 Å². The van der Waals surface area contributed by atoms with Crippen molar-refractivity contribution in [1.29, 1.82) is 5.26 Å². The Morgan fingerprint density at radius 1 is 1.12 bits per heavy atom. The Bertz CT molecular complexity index is 2400. The van der Waals surface area contributed by atoms with Gasteiger partial charge in [-0.1, -0.05) is 19.6 Å². The molecule has 2 N–H and O–H groups in total. The molecule has 4 aromatic rings. The van der Waals surface area contributed by atoms with E-state index in [1.54, 1.807) is 17.9 Å². The lowest BCUT2D eigenvalue weighted by atomic mass is 9.84. The maximum Gasteiger partial charge on any atom is 0.434 e. The predicted octanol–water partition coefficient (Wildman–Crippen LogP) is 8.56. The summed E-state index contributed by atoms with van der Waals surface area (Å²) in [5.74, 6) is -1.36. The van der Waals surface area contributed by atoms with Gasteiger partial charge in [-0.3, -0.25) is 4.90 Å². The summed E-state index contributed by atoms with van der Waals surface area (Å²) in [5.41, 5.74) is 4.20. The molecule has 3 atom stereocenters. The number of ether oxygens (including phenoxy) is 2. The molecule has 20 heteroatoms. The second kappa shape index (κ2) is 13.8. The van der Waals surface area contributed by atoms with Gasteiger partial charge < -0.3 is 25.0 Å². The van der Waals surface area contributed by atoms with E-state index in [1.165, 1.54) is 6.07 Å². The van der Waals surface area contributed by atoms with E-state index in [1.807, 2.05) is 11.0 Å². The Morgan fingerprint density at radius 3 is 2.50 bits per heavy atom. The molecular formula is C38H34F9N7O3S. The maximum atomic E-state index is 17.4. The van der Waals surface area contributed by atoms with Crippen LogP contribution in [0.5, 0.6) is 6.01 Å². The third-order valence-electron chi connectivity index (χ3n) is 11.9. The number of benzene rings is 2. The first-order valence-corrected chi connectivity index (χ1v) is 19.2. The second-order valence-electron chi connectivity index (χ2n) is 15.1. The summed E-state index contributed by atoms with van der Waals surface area (Å²) in [6, 6.07) is 5.69. The van der Waals surface area contributed by atoms with Crippen molar-refractivity contribution in [2.75, 3.05) is 43.4 Å². The van der Waals surface area contributed by atoms with Gasteiger partial charge in [0.05, 0.1) is 21.3 Å². The van der Waals surface area contributed by atoms with Crippen molar-refractivity contribution in [2.45, 2.75) is 81.2 Å². The molecule has 1 spiro atoms. The summed E-state index contributed by atoms with van der Waals surface area (Å²) in [6.07, 6.45) is -17.2. The van der Waals surface area contributed by atoms with Gasteiger partial charge in [0.15, 0.2) is 5.82 Å². The minimum atomic E-state index is -5.90. The minimum Gasteiger partial charge on any atom is -0.427 e. The standard InChI is InChI=1S/C38H34F9N7O3S/c1-3-19-13-22-28(27(41)25(19)21-5-6-24(40)29-26(21)23(15-48)30(49)58-29)50-33(56-18(2)36-7-4-10-53(36)16-20(39)14-36)51-31(22)52-11-8-35(17-52)9-12-54(35)34(55)57-32(37(42,43)44)38(45,46)47/h5-6,13,20,32H,2-4,7-12,14,16-17,49H2,1H3/t20-,35?,36+/m1/s1. The number of halogens is 9. The van der Waals surface area contributed by atoms with Crippen molar-refractivity contribution in [1.82, 2.24) is 19.8 Å². The number of carbonyl (C=O) groups excluding carboxylic acids is 1. The fourth-order valence-corrected chi connectivity index (χ4v) is 10.1. The van der Waals surface area contributed by atoms with Gasteiger partial charge in [0.1, 0.15) is 40.2 Å². The van der Waals surface area contributed by atoms with Crippen LogP contribution in [0.25, 0.3) is 32.1 Å². The molecular weight excluding hydrogens is 806 g/mol. The highest BCUT2D eigenvalue weighted by Crippen LogP contribution is 2.49. The van der Waals surface area contributed by atoms with Gasteiger partial charge in [0.2, 0.25) is 0 Å². The van der Waals surface area contributed by atoms with Crippen molar-refractivity contribution in [3.8, 4) is 23.2 Å². The fraction of sp³-hybridized carbons (Fsp3) is 0.474. The van der Waals surface area contributed by atoms with E-state index in [0.717, 1.165) is 28.7 Å². The largest absolute Gasteiger partial charge is 0.434 e. The van der Waals surface area contributed by atoms with Crippen LogP contribution in [0.4, 0.5) is 55.1 Å². The van der Waals surface area contributed by atoms with Crippen molar-refractivity contribution in [2.24, 2.45) is 0 Å². The lowest BCUT2D eigenvalue weighted by Gasteiger charge is -2.50. The smallest absolute Gasteiger partial charge is 0.427 e. The summed E-state index contributed by atoms with van der Waals surface area (Å²) >= 11 is 0.841. The topological polar surface area (TPSA) is 121 Å². The number of nitrogen functional groups attached to an aromatic ring is 1. The van der Waals surface area contributed by atoms with Gasteiger partial charge in [-0.05, 0) is 61.9 Å². The second-order valence-corrected chi connectivity index (χ2v) is 16.2. The molecule has 0 saturated carbocycles. The van der Waals surface area contributed by atoms with E-state index < -0.39 is 53.4 Å². The average Bonchev–Trinajstić information content (AvgIpc) is 3.92. The number of aryl methyl sites for hydroxylation is 1. The molecule has 2 aromatic heterocycles. The number of likely N-dealkylation sites (tertiary alicyclic amines) is 1. The summed E-state index contributed by atoms with van der Waals surface area (Å²) < 4.78 is 137. The van der Waals surface area contributed by atoms with Gasteiger partial charge in [-0.15, -0.1) is 11.3 Å². The Morgan fingerprint density at radius 2 is 1.84 bits per heavy atom. The molecule has 0 radical (unpaired) electrons. The van der Waals surface area contributed by atoms with E-state index >= 15 is 8.78 Å². The summed E-state index contributed by atoms with van der Waals surface area (Å²) in [5, 5.41) is 10.3. The minimum absolute atomic E-state index is 0.00459. The van der Waals surface area contributed by atoms with Crippen molar-refractivity contribution >= 4 is 49.2 Å². The molecule has 8 rings (SSSR count). The molecule has 2 aromatic carbocycles. The highest BCUT2D eigenvalue weighted by Gasteiger charge is 2.62. The van der Waals surface area contributed by atoms with Gasteiger partial charge in [-0.25, -0.2) is 18.0 Å². The molecule has 0 bridgehead atoms. The fourth-order valence-electron chi connectivity index (χ4n) is 9.12. The number of anilines is 2. The van der Waals surface area contributed by atoms with Crippen LogP contribution >= 0.6 is 11.3 Å². The quantitative estimate of drug-likeness (QED) is 0.144. The molecule has 4 fully saturated rings. The van der Waals surface area contributed by atoms with Crippen LogP contribution in [-0.2, 0) is 11.2 Å². The number of amides is 1. The van der Waals surface area contributed by atoms with Crippen LogP contribution < -0.4 is 15.4 Å². The number of nitrogens with zero attached hydrogens (tertiary/aromatic N) is 6. The molecule has 0 aliphatic carbocycles. The molecule has 4 aliphatic heterocycles. The molecule has 308 valence electrons. The highest BCUT2D eigenvalue weighted by atomic mass is 32.1. The number of aromatic nitrogens is 2. The normalized spacial score (nSPS) is 23.6. The van der Waals surface area contributed by atoms with Crippen molar-refractivity contribution < 1.29 is 53.8 Å². The molecule has 4 saturated heterocycles. The van der Waals surface area contributed by atoms with E-state index in [9.17, 15) is 40.8 Å². The lowest BCUT2D eigenvalue weighted by Crippen LogP contribution is -2.64. The van der Waals surface area contributed by atoms with Crippen LogP contribution in [0.3, 0.4) is 0 Å². The Hall–Kier alpha value is -5.03. The van der Waals surface area contributed by atoms with Gasteiger partial charge >= 0.3 is 24.5 Å². The first kappa shape index (κ1) is 39.8. The number of carbonyl (C=O) groups is 1. The zero-order chi connectivity index (χ0) is 41.7. The number of nitrogens with two attached hydrogens (primary N) is 1. The van der Waals surface area contributed by atoms with Crippen LogP contribution in [0.2, 0.25) is 0 Å². The number of fused-ring (bicyclic) bond motifs is 3. The SMILES string of the molecule is C=C(Oc1nc(N2CCC3(CCN3C(=O)OC(C(F)(F)F)C(F)(F)F)C2)c2cc(CC)c(-c3ccc(F)c4sc(N)c(C#N)c34)c(F)c2n1)[C@@]12CCCN1C[C@H](F)C2. The number of hydrogen-bond acceptors (Lipinski definition) is 10. The first-order valence-electron chi connectivity index (χ1n) is 18.4. The molecule has 10 nitrogen and oxygen atoms in total. The number of nitriles is 1. The predicted molar refractivity (Wildman–Crippen MR) is 195 cm³/mol. The number of alkyl halides is 7. The lowest BCUT2D eigenvalue weighted by molar-refractivity contribution is -0.309. The first-order chi connectivity index (χ1) is 27.3. The Kier molecular flexibility index (Phi) is 9.45. The number of rotatable bonds is 7. The number of thiophene rings is 1. The van der Waals surface area contributed by atoms with Gasteiger partial charge in [-0.2, -0.15) is 41.6 Å². The summed E-state index contributed by atoms with van der Waals surface area (Å²) in [6.45, 7) is 6.36. The monoisotopic (exact) mass is 839 g/mol. The summed E-state index contributed by atoms with van der Waals surface area (Å²) in [4.78, 5) is 26.4. The maximum absolute atomic E-state index is 17.4. The molecule has 6 heterocycles. The zero-order valence-corrected chi connectivity index (χ0v) is 31.5. The van der Waals surface area contributed by atoms with Crippen LogP contribution in [0.1, 0.15) is 50.2 Å². The highest BCUT2D eigenvalue weighted by molar-refractivity contribution is 7.23. The molecule has 4 aliphatic rings. The van der Waals surface area contributed by atoms with E-state index in [0.29, 0.717) is 18.5 Å². The average molecular weight is 840 g/mol. The van der Waals surface area contributed by atoms with Crippen molar-refractivity contribution in [3.63, 3.8) is 0 Å². The van der Waals surface area contributed by atoms with Crippen molar-refractivity contribution in [3.05, 3.63) is 53.3 Å². The zero-order valence-electron chi connectivity index (χ0n) is 30.7. The van der Waals surface area contributed by atoms with Gasteiger partial charge in [0, 0.05) is 48.9 Å². The third-order valence-corrected chi connectivity index (χ3v) is 13.0. The molecule has 1 unspecified atom stereocenters. The molecule has 1 amide bonds.